The van der Waals surface area contributed by atoms with Crippen molar-refractivity contribution < 1.29 is 38.3 Å². The van der Waals surface area contributed by atoms with Crippen LogP contribution in [-0.4, -0.2) is 52.5 Å². The van der Waals surface area contributed by atoms with Crippen molar-refractivity contribution in [2.45, 2.75) is 44.7 Å². The summed E-state index contributed by atoms with van der Waals surface area (Å²) in [4.78, 5) is 59.6. The van der Waals surface area contributed by atoms with Crippen molar-refractivity contribution >= 4 is 29.4 Å². The number of carboxylic acid groups (broad SMARTS) is 1. The van der Waals surface area contributed by atoms with Gasteiger partial charge in [0, 0.05) is 31.4 Å². The zero-order valence-electron chi connectivity index (χ0n) is 19.6. The Morgan fingerprint density at radius 2 is 1.78 bits per heavy atom. The predicted octanol–water partition coefficient (Wildman–Crippen LogP) is 2.09. The molecule has 0 spiro atoms. The number of nitro benzene ring substituents is 1. The standard InChI is InChI=1S/C24H26FN3O8/c1-3-36-21(30)13-19(16-7-9-18(10-8-16)28(34)35)22(24(32)33)27-23(31)20(26-14(2)29)12-15-5-4-6-17(25)11-15/h4-11,19-20,22H,3,12-13H2,1-2H3,(H,26,29)(H,27,31)(H,32,33)/t19-,20+,22+/m0/s1. The number of hydrogen-bond donors (Lipinski definition) is 3. The number of aliphatic carboxylic acids is 1. The number of ether oxygens (including phenoxy) is 1. The van der Waals surface area contributed by atoms with Gasteiger partial charge in [0.05, 0.1) is 18.0 Å². The zero-order chi connectivity index (χ0) is 26.8. The van der Waals surface area contributed by atoms with Gasteiger partial charge in [0.25, 0.3) is 5.69 Å². The second kappa shape index (κ2) is 12.9. The molecule has 0 bridgehead atoms. The third-order valence-corrected chi connectivity index (χ3v) is 5.21. The Kier molecular flexibility index (Phi) is 10.0. The van der Waals surface area contributed by atoms with Gasteiger partial charge in [-0.15, -0.1) is 0 Å². The van der Waals surface area contributed by atoms with Gasteiger partial charge in [-0.1, -0.05) is 24.3 Å². The summed E-state index contributed by atoms with van der Waals surface area (Å²) in [5.41, 5.74) is 0.377. The van der Waals surface area contributed by atoms with Gasteiger partial charge >= 0.3 is 11.9 Å². The molecule has 3 N–H and O–H groups in total. The fraction of sp³-hybridized carbons (Fsp3) is 0.333. The number of carboxylic acids is 1. The van der Waals surface area contributed by atoms with E-state index < -0.39 is 58.9 Å². The molecule has 0 saturated carbocycles. The van der Waals surface area contributed by atoms with Crippen molar-refractivity contribution in [3.05, 3.63) is 75.6 Å². The highest BCUT2D eigenvalue weighted by Gasteiger charge is 2.35. The van der Waals surface area contributed by atoms with Gasteiger partial charge in [-0.2, -0.15) is 0 Å². The fourth-order valence-corrected chi connectivity index (χ4v) is 3.61. The number of hydrogen-bond acceptors (Lipinski definition) is 7. The smallest absolute Gasteiger partial charge is 0.326 e. The van der Waals surface area contributed by atoms with Gasteiger partial charge in [0.2, 0.25) is 11.8 Å². The summed E-state index contributed by atoms with van der Waals surface area (Å²) in [6.45, 7) is 2.77. The lowest BCUT2D eigenvalue weighted by Gasteiger charge is -2.27. The van der Waals surface area contributed by atoms with Gasteiger partial charge in [0.15, 0.2) is 0 Å². The number of benzene rings is 2. The summed E-state index contributed by atoms with van der Waals surface area (Å²) in [5, 5.41) is 25.7. The maximum absolute atomic E-state index is 13.6. The van der Waals surface area contributed by atoms with E-state index >= 15 is 0 Å². The number of nitrogens with one attached hydrogen (secondary N) is 2. The minimum absolute atomic E-state index is 0.0359. The molecular formula is C24H26FN3O8. The number of esters is 1. The summed E-state index contributed by atoms with van der Waals surface area (Å²) < 4.78 is 18.5. The van der Waals surface area contributed by atoms with Crippen LogP contribution in [0.4, 0.5) is 10.1 Å². The third kappa shape index (κ3) is 8.15. The van der Waals surface area contributed by atoms with E-state index in [1.54, 1.807) is 13.0 Å². The molecular weight excluding hydrogens is 477 g/mol. The minimum Gasteiger partial charge on any atom is -0.480 e. The first-order valence-corrected chi connectivity index (χ1v) is 11.0. The Hall–Kier alpha value is -4.35. The molecule has 12 heteroatoms. The van der Waals surface area contributed by atoms with E-state index in [1.807, 2.05) is 0 Å². The number of carbonyl (C=O) groups excluding carboxylic acids is 3. The lowest BCUT2D eigenvalue weighted by molar-refractivity contribution is -0.384. The van der Waals surface area contributed by atoms with E-state index in [0.29, 0.717) is 5.56 Å². The van der Waals surface area contributed by atoms with Crippen LogP contribution in [0.2, 0.25) is 0 Å². The highest BCUT2D eigenvalue weighted by atomic mass is 19.1. The Balaban J connectivity index is 2.38. The quantitative estimate of drug-likeness (QED) is 0.225. The van der Waals surface area contributed by atoms with Crippen LogP contribution < -0.4 is 10.6 Å². The average molecular weight is 503 g/mol. The van der Waals surface area contributed by atoms with Crippen LogP contribution in [0.5, 0.6) is 0 Å². The summed E-state index contributed by atoms with van der Waals surface area (Å²) in [7, 11) is 0. The Morgan fingerprint density at radius 1 is 1.11 bits per heavy atom. The molecule has 0 heterocycles. The molecule has 3 atom stereocenters. The Bertz CT molecular complexity index is 1120. The normalized spacial score (nSPS) is 13.1. The van der Waals surface area contributed by atoms with E-state index in [0.717, 1.165) is 12.1 Å². The minimum atomic E-state index is -1.66. The predicted molar refractivity (Wildman–Crippen MR) is 124 cm³/mol. The van der Waals surface area contributed by atoms with E-state index in [9.17, 15) is 38.8 Å². The molecule has 2 aromatic rings. The SMILES string of the molecule is CCOC(=O)C[C@@H](c1ccc([N+](=O)[O-])cc1)[C@@H](NC(=O)[C@@H](Cc1cccc(F)c1)NC(C)=O)C(=O)O. The first-order valence-electron chi connectivity index (χ1n) is 11.0. The van der Waals surface area contributed by atoms with Gasteiger partial charge in [-0.25, -0.2) is 9.18 Å². The van der Waals surface area contributed by atoms with Crippen molar-refractivity contribution in [2.24, 2.45) is 0 Å². The number of non-ortho nitro benzene ring substituents is 1. The van der Waals surface area contributed by atoms with Crippen molar-refractivity contribution in [1.82, 2.24) is 10.6 Å². The number of nitrogens with zero attached hydrogens (tertiary/aromatic N) is 1. The van der Waals surface area contributed by atoms with E-state index in [2.05, 4.69) is 10.6 Å². The third-order valence-electron chi connectivity index (χ3n) is 5.21. The van der Waals surface area contributed by atoms with Crippen LogP contribution >= 0.6 is 0 Å². The van der Waals surface area contributed by atoms with Crippen LogP contribution in [-0.2, 0) is 30.3 Å². The highest BCUT2D eigenvalue weighted by molar-refractivity contribution is 5.91. The average Bonchev–Trinajstić information content (AvgIpc) is 2.80. The summed E-state index contributed by atoms with van der Waals surface area (Å²) in [5.74, 6) is -5.37. The van der Waals surface area contributed by atoms with Gasteiger partial charge in [0.1, 0.15) is 17.9 Å². The summed E-state index contributed by atoms with van der Waals surface area (Å²) in [6, 6.07) is 7.34. The molecule has 11 nitrogen and oxygen atoms in total. The molecule has 0 aliphatic carbocycles. The topological polar surface area (TPSA) is 165 Å². The molecule has 0 fully saturated rings. The number of carbonyl (C=O) groups is 4. The van der Waals surface area contributed by atoms with Crippen molar-refractivity contribution in [2.75, 3.05) is 6.61 Å². The molecule has 0 aliphatic rings. The number of amides is 2. The maximum atomic E-state index is 13.6. The second-order valence-corrected chi connectivity index (χ2v) is 7.88. The van der Waals surface area contributed by atoms with E-state index in [4.69, 9.17) is 4.74 Å². The van der Waals surface area contributed by atoms with Gasteiger partial charge in [-0.05, 0) is 30.2 Å². The number of nitro groups is 1. The molecule has 0 radical (unpaired) electrons. The lowest BCUT2D eigenvalue weighted by Crippen LogP contribution is -2.54. The van der Waals surface area contributed by atoms with Gasteiger partial charge < -0.3 is 20.5 Å². The number of rotatable bonds is 12. The van der Waals surface area contributed by atoms with Gasteiger partial charge in [-0.3, -0.25) is 24.5 Å². The molecule has 0 aromatic heterocycles. The molecule has 0 unspecified atom stereocenters. The maximum Gasteiger partial charge on any atom is 0.326 e. The van der Waals surface area contributed by atoms with E-state index in [1.165, 1.54) is 37.3 Å². The van der Waals surface area contributed by atoms with Crippen LogP contribution in [0.1, 0.15) is 37.3 Å². The molecule has 2 rings (SSSR count). The van der Waals surface area contributed by atoms with Crippen molar-refractivity contribution in [1.29, 1.82) is 0 Å². The highest BCUT2D eigenvalue weighted by Crippen LogP contribution is 2.27. The molecule has 0 saturated heterocycles. The van der Waals surface area contributed by atoms with Crippen molar-refractivity contribution in [3.63, 3.8) is 0 Å². The van der Waals surface area contributed by atoms with Crippen LogP contribution in [0.15, 0.2) is 48.5 Å². The lowest BCUT2D eigenvalue weighted by atomic mass is 9.88. The number of halogens is 1. The fourth-order valence-electron chi connectivity index (χ4n) is 3.61. The largest absolute Gasteiger partial charge is 0.480 e. The molecule has 2 amide bonds. The summed E-state index contributed by atoms with van der Waals surface area (Å²) >= 11 is 0. The molecule has 36 heavy (non-hydrogen) atoms. The zero-order valence-corrected chi connectivity index (χ0v) is 19.6. The van der Waals surface area contributed by atoms with E-state index in [-0.39, 0.29) is 24.3 Å². The Labute approximate surface area is 205 Å². The first kappa shape index (κ1) is 27.9. The molecule has 0 aliphatic heterocycles. The second-order valence-electron chi connectivity index (χ2n) is 7.88. The van der Waals surface area contributed by atoms with Crippen LogP contribution in [0.3, 0.4) is 0 Å². The van der Waals surface area contributed by atoms with Crippen LogP contribution in [0, 0.1) is 15.9 Å². The van der Waals surface area contributed by atoms with Crippen LogP contribution in [0.25, 0.3) is 0 Å². The first-order chi connectivity index (χ1) is 17.0. The molecule has 2 aromatic carbocycles. The van der Waals surface area contributed by atoms with Crippen molar-refractivity contribution in [3.8, 4) is 0 Å². The molecule has 192 valence electrons. The Morgan fingerprint density at radius 3 is 2.31 bits per heavy atom. The summed E-state index contributed by atoms with van der Waals surface area (Å²) in [6.07, 6.45) is -0.576. The monoisotopic (exact) mass is 503 g/mol.